The molecule has 224 valence electrons. The molecule has 1 fully saturated rings. The standard InChI is InChI=1S/C19H19N5OS.C13H7ClN4S/c25-13-5-3-12(4-6-13)22-18-7-8-19-21-11-15(24(19)23-18)17-10-14-16(26-17)2-1-9-20-14;14-12-3-4-13-16-7-9(18(13)17-12)11-6-8-10(19-11)2-1-5-15-8/h1-2,7-13,25H,3-6H2,(H,22,23);1-7H. The lowest BCUT2D eigenvalue weighted by Crippen LogP contribution is -2.28. The molecule has 0 atom stereocenters. The van der Waals surface area contributed by atoms with Gasteiger partial charge in [0.25, 0.3) is 0 Å². The topological polar surface area (TPSA) is 118 Å². The molecule has 8 aromatic heterocycles. The summed E-state index contributed by atoms with van der Waals surface area (Å²) in [6.45, 7) is 0. The minimum atomic E-state index is -0.148. The fraction of sp³-hybridized carbons (Fsp3) is 0.188. The SMILES string of the molecule is Clc1ccc2ncc(-c3cc4ncccc4s3)n2n1.OC1CCC(Nc2ccc3ncc(-c4cc5ncccc5s4)n3n2)CC1. The Morgan fingerprint density at radius 3 is 1.89 bits per heavy atom. The Morgan fingerprint density at radius 1 is 0.711 bits per heavy atom. The molecule has 13 heteroatoms. The Bertz CT molecular complexity index is 2220. The number of hydrogen-bond acceptors (Lipinski definition) is 10. The number of pyridine rings is 2. The maximum absolute atomic E-state index is 9.67. The van der Waals surface area contributed by atoms with Crippen molar-refractivity contribution in [3.05, 3.63) is 90.6 Å². The number of hydrogen-bond donors (Lipinski definition) is 2. The molecule has 45 heavy (non-hydrogen) atoms. The molecule has 1 aliphatic carbocycles. The lowest BCUT2D eigenvalue weighted by molar-refractivity contribution is 0.126. The zero-order valence-electron chi connectivity index (χ0n) is 23.8. The number of aliphatic hydroxyl groups excluding tert-OH is 1. The van der Waals surface area contributed by atoms with Crippen LogP contribution in [0, 0.1) is 0 Å². The third-order valence-electron chi connectivity index (χ3n) is 7.82. The number of aromatic nitrogens is 8. The molecule has 9 rings (SSSR count). The van der Waals surface area contributed by atoms with Gasteiger partial charge >= 0.3 is 0 Å². The molecule has 8 aromatic rings. The second-order valence-corrected chi connectivity index (χ2v) is 13.4. The van der Waals surface area contributed by atoms with Crippen molar-refractivity contribution in [2.75, 3.05) is 5.32 Å². The molecule has 0 saturated heterocycles. The molecule has 10 nitrogen and oxygen atoms in total. The van der Waals surface area contributed by atoms with Crippen LogP contribution in [0.1, 0.15) is 25.7 Å². The van der Waals surface area contributed by atoms with Gasteiger partial charge in [-0.25, -0.2) is 19.0 Å². The van der Waals surface area contributed by atoms with Crippen LogP contribution in [0.2, 0.25) is 5.15 Å². The van der Waals surface area contributed by atoms with E-state index in [1.165, 1.54) is 0 Å². The molecule has 0 unspecified atom stereocenters. The van der Waals surface area contributed by atoms with E-state index in [0.29, 0.717) is 11.2 Å². The van der Waals surface area contributed by atoms with Crippen LogP contribution in [0.3, 0.4) is 0 Å². The molecule has 0 aromatic carbocycles. The number of aliphatic hydroxyl groups is 1. The highest BCUT2D eigenvalue weighted by Gasteiger charge is 2.20. The van der Waals surface area contributed by atoms with Gasteiger partial charge in [0.05, 0.1) is 48.7 Å². The van der Waals surface area contributed by atoms with Crippen molar-refractivity contribution in [3.8, 4) is 21.1 Å². The van der Waals surface area contributed by atoms with Gasteiger partial charge in [-0.05, 0) is 86.3 Å². The van der Waals surface area contributed by atoms with Gasteiger partial charge in [0.2, 0.25) is 0 Å². The summed E-state index contributed by atoms with van der Waals surface area (Å²) in [5.41, 5.74) is 5.50. The van der Waals surface area contributed by atoms with Crippen LogP contribution in [0.4, 0.5) is 5.82 Å². The van der Waals surface area contributed by atoms with E-state index < -0.39 is 0 Å². The number of thiophene rings is 2. The normalized spacial score (nSPS) is 16.8. The van der Waals surface area contributed by atoms with Crippen molar-refractivity contribution in [3.63, 3.8) is 0 Å². The monoisotopic (exact) mass is 651 g/mol. The van der Waals surface area contributed by atoms with Crippen LogP contribution in [0.25, 0.3) is 52.9 Å². The van der Waals surface area contributed by atoms with Gasteiger partial charge in [0, 0.05) is 18.4 Å². The van der Waals surface area contributed by atoms with Crippen molar-refractivity contribution in [2.24, 2.45) is 0 Å². The largest absolute Gasteiger partial charge is 0.393 e. The lowest BCUT2D eigenvalue weighted by atomic mass is 9.93. The Balaban J connectivity index is 0.000000140. The molecule has 0 radical (unpaired) electrons. The van der Waals surface area contributed by atoms with Crippen LogP contribution in [0.5, 0.6) is 0 Å². The maximum Gasteiger partial charge on any atom is 0.154 e. The van der Waals surface area contributed by atoms with Crippen molar-refractivity contribution >= 4 is 71.8 Å². The van der Waals surface area contributed by atoms with Crippen LogP contribution in [-0.2, 0) is 0 Å². The van der Waals surface area contributed by atoms with Crippen molar-refractivity contribution in [1.29, 1.82) is 0 Å². The van der Waals surface area contributed by atoms with Crippen LogP contribution < -0.4 is 5.32 Å². The summed E-state index contributed by atoms with van der Waals surface area (Å²) >= 11 is 9.31. The fourth-order valence-electron chi connectivity index (χ4n) is 5.56. The van der Waals surface area contributed by atoms with Crippen molar-refractivity contribution in [1.82, 2.24) is 39.2 Å². The predicted molar refractivity (Wildman–Crippen MR) is 180 cm³/mol. The Labute approximate surface area is 270 Å². The average Bonchev–Trinajstić information content (AvgIpc) is 3.85. The van der Waals surface area contributed by atoms with Crippen molar-refractivity contribution in [2.45, 2.75) is 37.8 Å². The highest BCUT2D eigenvalue weighted by atomic mass is 35.5. The first-order valence-corrected chi connectivity index (χ1v) is 16.6. The molecule has 0 amide bonds. The zero-order valence-corrected chi connectivity index (χ0v) is 26.2. The first-order valence-electron chi connectivity index (χ1n) is 14.6. The predicted octanol–water partition coefficient (Wildman–Crippen LogP) is 7.38. The molecule has 8 heterocycles. The van der Waals surface area contributed by atoms with E-state index in [9.17, 15) is 5.11 Å². The Morgan fingerprint density at radius 2 is 1.29 bits per heavy atom. The van der Waals surface area contributed by atoms with E-state index in [4.69, 9.17) is 16.7 Å². The van der Waals surface area contributed by atoms with Gasteiger partial charge in [0.1, 0.15) is 22.4 Å². The number of fused-ring (bicyclic) bond motifs is 4. The average molecular weight is 652 g/mol. The molecular weight excluding hydrogens is 626 g/mol. The minimum Gasteiger partial charge on any atom is -0.393 e. The summed E-state index contributed by atoms with van der Waals surface area (Å²) in [6.07, 6.45) is 10.8. The molecule has 2 N–H and O–H groups in total. The van der Waals surface area contributed by atoms with E-state index in [0.717, 1.165) is 84.4 Å². The molecule has 0 bridgehead atoms. The zero-order chi connectivity index (χ0) is 30.3. The first kappa shape index (κ1) is 28.0. The quantitative estimate of drug-likeness (QED) is 0.202. The Hall–Kier alpha value is -4.49. The Kier molecular flexibility index (Phi) is 7.34. The van der Waals surface area contributed by atoms with E-state index in [1.54, 1.807) is 39.5 Å². The number of imidazole rings is 2. The number of anilines is 1. The number of rotatable bonds is 4. The van der Waals surface area contributed by atoms with Gasteiger partial charge in [-0.15, -0.1) is 27.8 Å². The van der Waals surface area contributed by atoms with Crippen molar-refractivity contribution < 1.29 is 5.11 Å². The summed E-state index contributed by atoms with van der Waals surface area (Å²) in [6, 6.07) is 20.1. The summed E-state index contributed by atoms with van der Waals surface area (Å²) in [4.78, 5) is 19.8. The van der Waals surface area contributed by atoms with E-state index >= 15 is 0 Å². The highest BCUT2D eigenvalue weighted by Crippen LogP contribution is 2.34. The number of halogens is 1. The van der Waals surface area contributed by atoms with E-state index in [-0.39, 0.29) is 6.10 Å². The van der Waals surface area contributed by atoms with Gasteiger partial charge in [-0.1, -0.05) is 11.6 Å². The van der Waals surface area contributed by atoms with Gasteiger partial charge in [-0.2, -0.15) is 5.10 Å². The third-order valence-corrected chi connectivity index (χ3v) is 10.2. The van der Waals surface area contributed by atoms with E-state index in [1.807, 2.05) is 59.5 Å². The van der Waals surface area contributed by atoms with Crippen LogP contribution in [-0.4, -0.2) is 56.4 Å². The second-order valence-electron chi connectivity index (χ2n) is 10.8. The number of nitrogens with one attached hydrogen (secondary N) is 1. The third kappa shape index (κ3) is 5.61. The molecule has 1 aliphatic rings. The lowest BCUT2D eigenvalue weighted by Gasteiger charge is -2.26. The van der Waals surface area contributed by atoms with Crippen LogP contribution in [0.15, 0.2) is 85.5 Å². The minimum absolute atomic E-state index is 0.148. The molecule has 0 spiro atoms. The maximum atomic E-state index is 9.67. The summed E-state index contributed by atoms with van der Waals surface area (Å²) < 4.78 is 5.96. The van der Waals surface area contributed by atoms with Gasteiger partial charge in [0.15, 0.2) is 11.3 Å². The summed E-state index contributed by atoms with van der Waals surface area (Å²) in [7, 11) is 0. The summed E-state index contributed by atoms with van der Waals surface area (Å²) in [5.74, 6) is 0.845. The highest BCUT2D eigenvalue weighted by molar-refractivity contribution is 7.22. The van der Waals surface area contributed by atoms with Gasteiger partial charge < -0.3 is 10.4 Å². The van der Waals surface area contributed by atoms with Gasteiger partial charge in [-0.3, -0.25) is 9.97 Å². The number of nitrogens with zero attached hydrogens (tertiary/aromatic N) is 8. The first-order chi connectivity index (χ1) is 22.1. The van der Waals surface area contributed by atoms with Crippen LogP contribution >= 0.6 is 34.3 Å². The molecule has 1 saturated carbocycles. The smallest absolute Gasteiger partial charge is 0.154 e. The second kappa shape index (κ2) is 11.8. The molecule has 0 aliphatic heterocycles. The summed E-state index contributed by atoms with van der Waals surface area (Å²) in [5, 5.41) is 22.7. The van der Waals surface area contributed by atoms with E-state index in [2.05, 4.69) is 48.6 Å². The molecular formula is C32H26ClN9OS2. The fourth-order valence-corrected chi connectivity index (χ4v) is 7.72.